The summed E-state index contributed by atoms with van der Waals surface area (Å²) in [5.74, 6) is 1.08. The van der Waals surface area contributed by atoms with Gasteiger partial charge >= 0.3 is 0 Å². The molecule has 1 aliphatic heterocycles. The van der Waals surface area contributed by atoms with E-state index in [0.29, 0.717) is 15.3 Å². The summed E-state index contributed by atoms with van der Waals surface area (Å²) in [7, 11) is 0. The van der Waals surface area contributed by atoms with Gasteiger partial charge in [-0.3, -0.25) is 4.90 Å². The Morgan fingerprint density at radius 3 is 2.88 bits per heavy atom. The summed E-state index contributed by atoms with van der Waals surface area (Å²) in [5.41, 5.74) is 1.17. The second-order valence-corrected chi connectivity index (χ2v) is 6.38. The van der Waals surface area contributed by atoms with Gasteiger partial charge in [0.05, 0.1) is 16.7 Å². The van der Waals surface area contributed by atoms with Gasteiger partial charge in [0.15, 0.2) is 0 Å². The molecule has 1 heterocycles. The summed E-state index contributed by atoms with van der Waals surface area (Å²) in [6.07, 6.45) is 0. The zero-order valence-electron chi connectivity index (χ0n) is 9.40. The maximum Gasteiger partial charge on any atom is 0.0595 e. The zero-order chi connectivity index (χ0) is 12.3. The monoisotopic (exact) mass is 291 g/mol. The van der Waals surface area contributed by atoms with E-state index >= 15 is 0 Å². The van der Waals surface area contributed by atoms with Crippen molar-refractivity contribution in [2.24, 2.45) is 0 Å². The van der Waals surface area contributed by atoms with Gasteiger partial charge in [-0.05, 0) is 17.7 Å². The predicted octanol–water partition coefficient (Wildman–Crippen LogP) is 2.90. The maximum absolute atomic E-state index is 9.17. The third kappa shape index (κ3) is 3.76. The van der Waals surface area contributed by atoms with Crippen LogP contribution in [0.1, 0.15) is 5.56 Å². The van der Waals surface area contributed by atoms with E-state index in [1.165, 1.54) is 5.56 Å². The normalized spacial score (nSPS) is 21.7. The molecule has 1 fully saturated rings. The van der Waals surface area contributed by atoms with Crippen molar-refractivity contribution in [2.45, 2.75) is 11.8 Å². The van der Waals surface area contributed by atoms with E-state index in [-0.39, 0.29) is 6.61 Å². The minimum Gasteiger partial charge on any atom is -0.395 e. The molecule has 1 aliphatic rings. The molecule has 0 radical (unpaired) electrons. The quantitative estimate of drug-likeness (QED) is 0.926. The molecule has 0 aliphatic carbocycles. The maximum atomic E-state index is 9.17. The van der Waals surface area contributed by atoms with Crippen molar-refractivity contribution < 1.29 is 5.11 Å². The van der Waals surface area contributed by atoms with Gasteiger partial charge in [0.25, 0.3) is 0 Å². The van der Waals surface area contributed by atoms with Crippen LogP contribution in [0.15, 0.2) is 18.2 Å². The molecule has 1 aromatic rings. The Morgan fingerprint density at radius 2 is 2.18 bits per heavy atom. The average molecular weight is 292 g/mol. The highest BCUT2D eigenvalue weighted by Crippen LogP contribution is 2.25. The zero-order valence-corrected chi connectivity index (χ0v) is 11.7. The summed E-state index contributed by atoms with van der Waals surface area (Å²) in [6, 6.07) is 5.75. The molecule has 1 unspecified atom stereocenters. The van der Waals surface area contributed by atoms with Crippen molar-refractivity contribution in [3.05, 3.63) is 33.8 Å². The van der Waals surface area contributed by atoms with E-state index in [9.17, 15) is 0 Å². The lowest BCUT2D eigenvalue weighted by Gasteiger charge is -2.31. The molecule has 1 saturated heterocycles. The molecule has 94 valence electrons. The number of hydrogen-bond acceptors (Lipinski definition) is 3. The number of aliphatic hydroxyl groups is 1. The molecule has 0 spiro atoms. The summed E-state index contributed by atoms with van der Waals surface area (Å²) >= 11 is 13.7. The number of rotatable bonds is 3. The van der Waals surface area contributed by atoms with Crippen LogP contribution >= 0.6 is 35.0 Å². The number of thioether (sulfide) groups is 1. The molecule has 0 saturated carbocycles. The molecule has 1 N–H and O–H groups in total. The SMILES string of the molecule is OCC1CN(Cc2ccc(Cl)c(Cl)c2)CCS1. The van der Waals surface area contributed by atoms with Crippen LogP contribution in [-0.4, -0.2) is 40.7 Å². The van der Waals surface area contributed by atoms with Crippen molar-refractivity contribution in [3.8, 4) is 0 Å². The topological polar surface area (TPSA) is 23.5 Å². The van der Waals surface area contributed by atoms with Crippen LogP contribution in [-0.2, 0) is 6.54 Å². The average Bonchev–Trinajstić information content (AvgIpc) is 2.34. The van der Waals surface area contributed by atoms with E-state index in [4.69, 9.17) is 28.3 Å². The molecule has 0 aromatic heterocycles. The molecule has 0 amide bonds. The van der Waals surface area contributed by atoms with Crippen LogP contribution in [0.2, 0.25) is 10.0 Å². The fraction of sp³-hybridized carbons (Fsp3) is 0.500. The summed E-state index contributed by atoms with van der Waals surface area (Å²) in [6.45, 7) is 3.11. The van der Waals surface area contributed by atoms with E-state index < -0.39 is 0 Å². The van der Waals surface area contributed by atoms with Crippen LogP contribution in [0.3, 0.4) is 0 Å². The molecular weight excluding hydrogens is 277 g/mol. The van der Waals surface area contributed by atoms with Crippen molar-refractivity contribution in [1.82, 2.24) is 4.90 Å². The summed E-state index contributed by atoms with van der Waals surface area (Å²) in [4.78, 5) is 2.34. The summed E-state index contributed by atoms with van der Waals surface area (Å²) < 4.78 is 0. The van der Waals surface area contributed by atoms with Crippen LogP contribution in [0.4, 0.5) is 0 Å². The van der Waals surface area contributed by atoms with Crippen molar-refractivity contribution in [1.29, 1.82) is 0 Å². The minimum absolute atomic E-state index is 0.253. The van der Waals surface area contributed by atoms with Crippen LogP contribution in [0.5, 0.6) is 0 Å². The number of benzene rings is 1. The Kier molecular flexibility index (Phi) is 5.00. The Bertz CT molecular complexity index is 389. The largest absolute Gasteiger partial charge is 0.395 e. The van der Waals surface area contributed by atoms with Crippen LogP contribution < -0.4 is 0 Å². The minimum atomic E-state index is 0.253. The second-order valence-electron chi connectivity index (χ2n) is 4.16. The highest BCUT2D eigenvalue weighted by Gasteiger charge is 2.19. The number of aliphatic hydroxyl groups excluding tert-OH is 1. The molecule has 1 aromatic carbocycles. The van der Waals surface area contributed by atoms with E-state index in [0.717, 1.165) is 25.4 Å². The number of hydrogen-bond donors (Lipinski definition) is 1. The number of halogens is 2. The Hall–Kier alpha value is 0.0700. The van der Waals surface area contributed by atoms with Crippen molar-refractivity contribution >= 4 is 35.0 Å². The first-order valence-electron chi connectivity index (χ1n) is 5.58. The molecule has 2 rings (SSSR count). The van der Waals surface area contributed by atoms with Crippen LogP contribution in [0.25, 0.3) is 0 Å². The van der Waals surface area contributed by atoms with Gasteiger partial charge in [-0.2, -0.15) is 11.8 Å². The second kappa shape index (κ2) is 6.30. The highest BCUT2D eigenvalue weighted by atomic mass is 35.5. The third-order valence-corrected chi connectivity index (χ3v) is 4.74. The molecule has 2 nitrogen and oxygen atoms in total. The highest BCUT2D eigenvalue weighted by molar-refractivity contribution is 8.00. The predicted molar refractivity (Wildman–Crippen MR) is 75.1 cm³/mol. The Labute approximate surface area is 116 Å². The van der Waals surface area contributed by atoms with Gasteiger partial charge in [-0.1, -0.05) is 29.3 Å². The standard InChI is InChI=1S/C12H15Cl2NOS/c13-11-2-1-9(5-12(11)14)6-15-3-4-17-10(7-15)8-16/h1-2,5,10,16H,3-4,6-8H2. The van der Waals surface area contributed by atoms with E-state index in [1.807, 2.05) is 30.0 Å². The van der Waals surface area contributed by atoms with Gasteiger partial charge in [0.2, 0.25) is 0 Å². The lowest BCUT2D eigenvalue weighted by Crippen LogP contribution is -2.38. The molecule has 17 heavy (non-hydrogen) atoms. The molecule has 1 atom stereocenters. The lowest BCUT2D eigenvalue weighted by atomic mass is 10.2. The Balaban J connectivity index is 1.97. The third-order valence-electron chi connectivity index (χ3n) is 2.82. The van der Waals surface area contributed by atoms with Crippen molar-refractivity contribution in [3.63, 3.8) is 0 Å². The van der Waals surface area contributed by atoms with Gasteiger partial charge in [-0.15, -0.1) is 0 Å². The first-order valence-corrected chi connectivity index (χ1v) is 7.38. The molecule has 5 heteroatoms. The lowest BCUT2D eigenvalue weighted by molar-refractivity contribution is 0.225. The van der Waals surface area contributed by atoms with Gasteiger partial charge < -0.3 is 5.11 Å². The fourth-order valence-electron chi connectivity index (χ4n) is 1.93. The van der Waals surface area contributed by atoms with Gasteiger partial charge in [-0.25, -0.2) is 0 Å². The van der Waals surface area contributed by atoms with E-state index in [1.54, 1.807) is 0 Å². The van der Waals surface area contributed by atoms with Gasteiger partial charge in [0, 0.05) is 30.6 Å². The Morgan fingerprint density at radius 1 is 1.35 bits per heavy atom. The summed E-state index contributed by atoms with van der Waals surface area (Å²) in [5, 5.41) is 10.7. The molecular formula is C12H15Cl2NOS. The van der Waals surface area contributed by atoms with Gasteiger partial charge in [0.1, 0.15) is 0 Å². The first-order chi connectivity index (χ1) is 8.19. The number of nitrogens with zero attached hydrogens (tertiary/aromatic N) is 1. The van der Waals surface area contributed by atoms with Crippen molar-refractivity contribution in [2.75, 3.05) is 25.4 Å². The first kappa shape index (κ1) is 13.5. The molecule has 0 bridgehead atoms. The van der Waals surface area contributed by atoms with Crippen LogP contribution in [0, 0.1) is 0 Å². The smallest absolute Gasteiger partial charge is 0.0595 e. The fourth-order valence-corrected chi connectivity index (χ4v) is 3.37. The van der Waals surface area contributed by atoms with E-state index in [2.05, 4.69) is 4.90 Å².